The van der Waals surface area contributed by atoms with Crippen LogP contribution < -0.4 is 4.90 Å². The minimum Gasteiger partial charge on any atom is -0.502 e. The van der Waals surface area contributed by atoms with E-state index in [4.69, 9.17) is 0 Å². The van der Waals surface area contributed by atoms with Crippen LogP contribution in [0.3, 0.4) is 0 Å². The maximum atomic E-state index is 13.3. The molecule has 1 aliphatic heterocycles. The van der Waals surface area contributed by atoms with Crippen LogP contribution in [0.4, 0.5) is 14.5 Å². The van der Waals surface area contributed by atoms with E-state index in [1.165, 1.54) is 0 Å². The van der Waals surface area contributed by atoms with E-state index in [-0.39, 0.29) is 11.3 Å². The van der Waals surface area contributed by atoms with Crippen LogP contribution in [0.2, 0.25) is 0 Å². The standard InChI is InChI=1S/C16H9F2NO3/c17-11-7-6-10(8-12(11)18)19-15(21)13(14(20)16(19)22)9-4-2-1-3-5-9/h1-8,20H. The molecule has 2 aromatic rings. The highest BCUT2D eigenvalue weighted by Crippen LogP contribution is 2.32. The molecule has 6 heteroatoms. The van der Waals surface area contributed by atoms with E-state index >= 15 is 0 Å². The normalized spacial score (nSPS) is 14.9. The molecule has 110 valence electrons. The number of hydrogen-bond donors (Lipinski definition) is 1. The molecule has 4 nitrogen and oxygen atoms in total. The van der Waals surface area contributed by atoms with Crippen LogP contribution in [0.5, 0.6) is 0 Å². The fourth-order valence-corrected chi connectivity index (χ4v) is 2.24. The molecule has 3 rings (SSSR count). The SMILES string of the molecule is O=C1C(O)=C(c2ccccc2)C(=O)N1c1ccc(F)c(F)c1. The molecule has 0 saturated heterocycles. The Kier molecular flexibility index (Phi) is 3.21. The van der Waals surface area contributed by atoms with E-state index in [0.29, 0.717) is 10.5 Å². The monoisotopic (exact) mass is 301 g/mol. The van der Waals surface area contributed by atoms with Gasteiger partial charge in [0.1, 0.15) is 0 Å². The Morgan fingerprint density at radius 1 is 0.864 bits per heavy atom. The van der Waals surface area contributed by atoms with Crippen molar-refractivity contribution in [2.75, 3.05) is 4.90 Å². The van der Waals surface area contributed by atoms with Crippen LogP contribution >= 0.6 is 0 Å². The number of benzene rings is 2. The van der Waals surface area contributed by atoms with Gasteiger partial charge >= 0.3 is 5.91 Å². The van der Waals surface area contributed by atoms with Crippen molar-refractivity contribution < 1.29 is 23.5 Å². The fraction of sp³-hybridized carbons (Fsp3) is 0. The summed E-state index contributed by atoms with van der Waals surface area (Å²) in [5, 5.41) is 9.94. The maximum absolute atomic E-state index is 13.3. The van der Waals surface area contributed by atoms with Gasteiger partial charge in [0.2, 0.25) is 0 Å². The van der Waals surface area contributed by atoms with Crippen LogP contribution in [0.25, 0.3) is 5.57 Å². The molecule has 2 amide bonds. The lowest BCUT2D eigenvalue weighted by atomic mass is 10.1. The first-order chi connectivity index (χ1) is 10.5. The zero-order chi connectivity index (χ0) is 15.9. The second-order valence-corrected chi connectivity index (χ2v) is 4.63. The van der Waals surface area contributed by atoms with Gasteiger partial charge in [-0.25, -0.2) is 13.7 Å². The lowest BCUT2D eigenvalue weighted by Crippen LogP contribution is -2.31. The first-order valence-corrected chi connectivity index (χ1v) is 6.33. The molecule has 0 aromatic heterocycles. The predicted octanol–water partition coefficient (Wildman–Crippen LogP) is 2.81. The summed E-state index contributed by atoms with van der Waals surface area (Å²) < 4.78 is 26.3. The molecule has 0 atom stereocenters. The summed E-state index contributed by atoms with van der Waals surface area (Å²) in [6, 6.07) is 10.8. The Morgan fingerprint density at radius 2 is 1.55 bits per heavy atom. The molecule has 0 fully saturated rings. The number of carbonyl (C=O) groups is 2. The zero-order valence-corrected chi connectivity index (χ0v) is 11.1. The van der Waals surface area contributed by atoms with E-state index in [2.05, 4.69) is 0 Å². The summed E-state index contributed by atoms with van der Waals surface area (Å²) in [5.74, 6) is -4.77. The molecule has 0 unspecified atom stereocenters. The van der Waals surface area contributed by atoms with Gasteiger partial charge in [-0.3, -0.25) is 9.59 Å². The molecular formula is C16H9F2NO3. The van der Waals surface area contributed by atoms with Crippen molar-refractivity contribution in [3.63, 3.8) is 0 Å². The number of aliphatic hydroxyl groups excluding tert-OH is 1. The number of aliphatic hydroxyl groups is 1. The Balaban J connectivity index is 2.06. The second kappa shape index (κ2) is 5.07. The highest BCUT2D eigenvalue weighted by atomic mass is 19.2. The van der Waals surface area contributed by atoms with Crippen molar-refractivity contribution in [1.82, 2.24) is 0 Å². The average molecular weight is 301 g/mol. The molecular weight excluding hydrogens is 292 g/mol. The molecule has 0 aliphatic carbocycles. The summed E-state index contributed by atoms with van der Waals surface area (Å²) >= 11 is 0. The van der Waals surface area contributed by atoms with Crippen LogP contribution in [0.1, 0.15) is 5.56 Å². The number of hydrogen-bond acceptors (Lipinski definition) is 3. The summed E-state index contributed by atoms with van der Waals surface area (Å²) in [4.78, 5) is 25.1. The lowest BCUT2D eigenvalue weighted by molar-refractivity contribution is -0.121. The number of amides is 2. The molecule has 0 bridgehead atoms. The highest BCUT2D eigenvalue weighted by Gasteiger charge is 2.40. The summed E-state index contributed by atoms with van der Waals surface area (Å²) in [7, 11) is 0. The maximum Gasteiger partial charge on any atom is 0.301 e. The van der Waals surface area contributed by atoms with Gasteiger partial charge in [-0.2, -0.15) is 0 Å². The van der Waals surface area contributed by atoms with Crippen LogP contribution in [-0.4, -0.2) is 16.9 Å². The van der Waals surface area contributed by atoms with E-state index in [0.717, 1.165) is 18.2 Å². The molecule has 22 heavy (non-hydrogen) atoms. The number of halogens is 2. The minimum absolute atomic E-state index is 0.147. The van der Waals surface area contributed by atoms with Crippen molar-refractivity contribution in [2.45, 2.75) is 0 Å². The lowest BCUT2D eigenvalue weighted by Gasteiger charge is -2.14. The Labute approximate surface area is 123 Å². The number of nitrogens with zero attached hydrogens (tertiary/aromatic N) is 1. The molecule has 0 spiro atoms. The molecule has 2 aromatic carbocycles. The summed E-state index contributed by atoms with van der Waals surface area (Å²) in [5.41, 5.74) is 0.0464. The Bertz CT molecular complexity index is 815. The molecule has 0 radical (unpaired) electrons. The number of rotatable bonds is 2. The van der Waals surface area contributed by atoms with Crippen molar-refractivity contribution in [1.29, 1.82) is 0 Å². The van der Waals surface area contributed by atoms with Crippen molar-refractivity contribution >= 4 is 23.1 Å². The third-order valence-corrected chi connectivity index (χ3v) is 3.28. The highest BCUT2D eigenvalue weighted by molar-refractivity contribution is 6.44. The van der Waals surface area contributed by atoms with Crippen LogP contribution in [0.15, 0.2) is 54.3 Å². The van der Waals surface area contributed by atoms with Crippen molar-refractivity contribution in [3.8, 4) is 0 Å². The van der Waals surface area contributed by atoms with Gasteiger partial charge in [-0.15, -0.1) is 0 Å². The van der Waals surface area contributed by atoms with Gasteiger partial charge in [0, 0.05) is 6.07 Å². The zero-order valence-electron chi connectivity index (χ0n) is 11.1. The van der Waals surface area contributed by atoms with Gasteiger partial charge in [0.25, 0.3) is 5.91 Å². The average Bonchev–Trinajstić information content (AvgIpc) is 2.73. The largest absolute Gasteiger partial charge is 0.502 e. The number of imide groups is 1. The number of carbonyl (C=O) groups excluding carboxylic acids is 2. The molecule has 0 saturated carbocycles. The van der Waals surface area contributed by atoms with E-state index < -0.39 is 29.2 Å². The van der Waals surface area contributed by atoms with E-state index in [9.17, 15) is 23.5 Å². The fourth-order valence-electron chi connectivity index (χ4n) is 2.24. The van der Waals surface area contributed by atoms with E-state index in [1.807, 2.05) is 0 Å². The third-order valence-electron chi connectivity index (χ3n) is 3.28. The first-order valence-electron chi connectivity index (χ1n) is 6.33. The van der Waals surface area contributed by atoms with Gasteiger partial charge in [-0.1, -0.05) is 30.3 Å². The molecule has 1 heterocycles. The molecule has 1 aliphatic rings. The predicted molar refractivity (Wildman–Crippen MR) is 74.8 cm³/mol. The van der Waals surface area contributed by atoms with Crippen LogP contribution in [-0.2, 0) is 9.59 Å². The van der Waals surface area contributed by atoms with E-state index in [1.54, 1.807) is 30.3 Å². The smallest absolute Gasteiger partial charge is 0.301 e. The third kappa shape index (κ3) is 2.05. The first kappa shape index (κ1) is 13.9. The number of anilines is 1. The Morgan fingerprint density at radius 3 is 2.18 bits per heavy atom. The van der Waals surface area contributed by atoms with Crippen molar-refractivity contribution in [2.24, 2.45) is 0 Å². The van der Waals surface area contributed by atoms with Gasteiger partial charge in [-0.05, 0) is 17.7 Å². The minimum atomic E-state index is -1.19. The van der Waals surface area contributed by atoms with Gasteiger partial charge in [0.15, 0.2) is 17.4 Å². The molecule has 1 N–H and O–H groups in total. The van der Waals surface area contributed by atoms with Gasteiger partial charge < -0.3 is 5.11 Å². The van der Waals surface area contributed by atoms with Crippen LogP contribution in [0, 0.1) is 11.6 Å². The summed E-state index contributed by atoms with van der Waals surface area (Å²) in [6.07, 6.45) is 0. The topological polar surface area (TPSA) is 57.6 Å². The van der Waals surface area contributed by atoms with Crippen molar-refractivity contribution in [3.05, 3.63) is 71.5 Å². The second-order valence-electron chi connectivity index (χ2n) is 4.63. The summed E-state index contributed by atoms with van der Waals surface area (Å²) in [6.45, 7) is 0. The van der Waals surface area contributed by atoms with Gasteiger partial charge in [0.05, 0.1) is 11.3 Å². The Hall–Kier alpha value is -3.02. The quantitative estimate of drug-likeness (QED) is 0.868.